The molecule has 0 bridgehead atoms. The maximum atomic E-state index is 2.21. The second kappa shape index (κ2) is 8.82. The van der Waals surface area contributed by atoms with Crippen molar-refractivity contribution in [2.45, 2.75) is 13.8 Å². The molecule has 0 aliphatic carbocycles. The van der Waals surface area contributed by atoms with Crippen LogP contribution in [0.5, 0.6) is 0 Å². The fraction of sp³-hybridized carbons (Fsp3) is 0.0769. The molecule has 0 aliphatic heterocycles. The van der Waals surface area contributed by atoms with Gasteiger partial charge in [0.25, 0.3) is 0 Å². The van der Waals surface area contributed by atoms with E-state index in [9.17, 15) is 0 Å². The largest absolute Gasteiger partial charge is 0.0683 e. The normalized spacial score (nSPS) is 9.92. The second-order valence-electron chi connectivity index (χ2n) is 5.82. The van der Waals surface area contributed by atoms with Gasteiger partial charge in [-0.15, -0.1) is 0 Å². The Hall–Kier alpha value is -3.12. The van der Waals surface area contributed by atoms with Gasteiger partial charge in [-0.2, -0.15) is 0 Å². The van der Waals surface area contributed by atoms with E-state index in [1.165, 1.54) is 33.4 Å². The first-order chi connectivity index (χ1) is 12.9. The lowest BCUT2D eigenvalue weighted by Gasteiger charge is -2.14. The number of hydrogen-bond donors (Lipinski definition) is 0. The van der Waals surface area contributed by atoms with Crippen molar-refractivity contribution in [1.29, 1.82) is 0 Å². The summed E-state index contributed by atoms with van der Waals surface area (Å²) in [5, 5.41) is 0. The summed E-state index contributed by atoms with van der Waals surface area (Å²) in [7, 11) is 0. The predicted octanol–water partition coefficient (Wildman–Crippen LogP) is 7.71. The van der Waals surface area contributed by atoms with E-state index in [2.05, 4.69) is 109 Å². The minimum atomic E-state index is 1.25. The van der Waals surface area contributed by atoms with Gasteiger partial charge in [0, 0.05) is 0 Å². The van der Waals surface area contributed by atoms with E-state index in [1.807, 2.05) is 13.8 Å². The summed E-state index contributed by atoms with van der Waals surface area (Å²) >= 11 is 0. The van der Waals surface area contributed by atoms with Crippen molar-refractivity contribution in [3.63, 3.8) is 0 Å². The van der Waals surface area contributed by atoms with Crippen molar-refractivity contribution in [3.8, 4) is 33.4 Å². The van der Waals surface area contributed by atoms with Crippen LogP contribution in [-0.4, -0.2) is 0 Å². The van der Waals surface area contributed by atoms with E-state index in [1.54, 1.807) is 0 Å². The number of rotatable bonds is 3. The molecule has 0 saturated heterocycles. The van der Waals surface area contributed by atoms with Gasteiger partial charge in [-0.1, -0.05) is 123 Å². The summed E-state index contributed by atoms with van der Waals surface area (Å²) in [6.07, 6.45) is 0. The molecule has 0 fully saturated rings. The third kappa shape index (κ3) is 3.75. The average Bonchev–Trinajstić information content (AvgIpc) is 2.76. The monoisotopic (exact) mass is 336 g/mol. The van der Waals surface area contributed by atoms with Crippen LogP contribution in [0.4, 0.5) is 0 Å². The molecule has 26 heavy (non-hydrogen) atoms. The molecule has 0 radical (unpaired) electrons. The van der Waals surface area contributed by atoms with Gasteiger partial charge in [0.2, 0.25) is 0 Å². The van der Waals surface area contributed by atoms with Crippen LogP contribution in [0, 0.1) is 0 Å². The highest BCUT2D eigenvalue weighted by molar-refractivity contribution is 5.91. The van der Waals surface area contributed by atoms with Crippen LogP contribution >= 0.6 is 0 Å². The van der Waals surface area contributed by atoms with Gasteiger partial charge < -0.3 is 0 Å². The molecule has 128 valence electrons. The molecular formula is C26H24. The van der Waals surface area contributed by atoms with Gasteiger partial charge >= 0.3 is 0 Å². The molecule has 4 aromatic rings. The summed E-state index contributed by atoms with van der Waals surface area (Å²) in [6, 6.07) is 38.4. The van der Waals surface area contributed by atoms with Crippen LogP contribution < -0.4 is 0 Å². The minimum absolute atomic E-state index is 1.25. The maximum Gasteiger partial charge on any atom is -0.00992 e. The van der Waals surface area contributed by atoms with Crippen LogP contribution in [0.2, 0.25) is 0 Å². The zero-order chi connectivity index (χ0) is 18.2. The fourth-order valence-electron chi connectivity index (χ4n) is 3.17. The Morgan fingerprint density at radius 3 is 0.923 bits per heavy atom. The molecule has 0 unspecified atom stereocenters. The second-order valence-corrected chi connectivity index (χ2v) is 5.82. The molecule has 0 aromatic heterocycles. The van der Waals surface area contributed by atoms with Gasteiger partial charge in [0.05, 0.1) is 0 Å². The Morgan fingerprint density at radius 2 is 0.577 bits per heavy atom. The van der Waals surface area contributed by atoms with Crippen LogP contribution in [0.15, 0.2) is 109 Å². The highest BCUT2D eigenvalue weighted by Crippen LogP contribution is 2.37. The lowest BCUT2D eigenvalue weighted by molar-refractivity contribution is 1.50. The molecule has 0 atom stereocenters. The lowest BCUT2D eigenvalue weighted by Crippen LogP contribution is -1.88. The topological polar surface area (TPSA) is 0 Å². The first kappa shape index (κ1) is 17.7. The van der Waals surface area contributed by atoms with Gasteiger partial charge in [-0.3, -0.25) is 0 Å². The summed E-state index contributed by atoms with van der Waals surface area (Å²) < 4.78 is 0. The molecule has 4 aromatic carbocycles. The fourth-order valence-corrected chi connectivity index (χ4v) is 3.17. The summed E-state index contributed by atoms with van der Waals surface area (Å²) in [5.41, 5.74) is 7.56. The van der Waals surface area contributed by atoms with E-state index in [4.69, 9.17) is 0 Å². The molecular weight excluding hydrogens is 312 g/mol. The quantitative estimate of drug-likeness (QED) is 0.359. The Bertz CT molecular complexity index is 857. The van der Waals surface area contributed by atoms with Crippen LogP contribution in [0.1, 0.15) is 13.8 Å². The molecule has 4 rings (SSSR count). The average molecular weight is 336 g/mol. The van der Waals surface area contributed by atoms with Crippen LogP contribution in [-0.2, 0) is 0 Å². The van der Waals surface area contributed by atoms with Crippen molar-refractivity contribution >= 4 is 0 Å². The zero-order valence-corrected chi connectivity index (χ0v) is 15.4. The third-order valence-corrected chi connectivity index (χ3v) is 4.31. The number of benzene rings is 4. The Kier molecular flexibility index (Phi) is 6.01. The minimum Gasteiger partial charge on any atom is -0.0683 e. The van der Waals surface area contributed by atoms with Crippen molar-refractivity contribution in [1.82, 2.24) is 0 Å². The van der Waals surface area contributed by atoms with Crippen molar-refractivity contribution in [2.75, 3.05) is 0 Å². The first-order valence-electron chi connectivity index (χ1n) is 9.23. The summed E-state index contributed by atoms with van der Waals surface area (Å²) in [5.74, 6) is 0. The van der Waals surface area contributed by atoms with Gasteiger partial charge in [-0.25, -0.2) is 0 Å². The van der Waals surface area contributed by atoms with Gasteiger partial charge in [-0.05, 0) is 33.4 Å². The van der Waals surface area contributed by atoms with E-state index in [0.29, 0.717) is 0 Å². The molecule has 0 nitrogen and oxygen atoms in total. The lowest BCUT2D eigenvalue weighted by atomic mass is 9.89. The summed E-state index contributed by atoms with van der Waals surface area (Å²) in [6.45, 7) is 4.00. The molecule has 0 heterocycles. The highest BCUT2D eigenvalue weighted by atomic mass is 14.1. The van der Waals surface area contributed by atoms with E-state index in [-0.39, 0.29) is 0 Å². The smallest absolute Gasteiger partial charge is 0.00992 e. The first-order valence-corrected chi connectivity index (χ1v) is 9.23. The SMILES string of the molecule is CC.c1ccc(-c2ccccc2-c2ccccc2-c2ccccc2)cc1. The molecule has 0 N–H and O–H groups in total. The maximum absolute atomic E-state index is 2.21. The van der Waals surface area contributed by atoms with Gasteiger partial charge in [0.1, 0.15) is 0 Å². The van der Waals surface area contributed by atoms with E-state index >= 15 is 0 Å². The Labute approximate surface area is 156 Å². The highest BCUT2D eigenvalue weighted by Gasteiger charge is 2.11. The predicted molar refractivity (Wildman–Crippen MR) is 114 cm³/mol. The van der Waals surface area contributed by atoms with Gasteiger partial charge in [0.15, 0.2) is 0 Å². The van der Waals surface area contributed by atoms with E-state index < -0.39 is 0 Å². The summed E-state index contributed by atoms with van der Waals surface area (Å²) in [4.78, 5) is 0. The Morgan fingerprint density at radius 1 is 0.308 bits per heavy atom. The number of hydrogen-bond acceptors (Lipinski definition) is 0. The molecule has 0 saturated carbocycles. The van der Waals surface area contributed by atoms with Crippen LogP contribution in [0.25, 0.3) is 33.4 Å². The van der Waals surface area contributed by atoms with Crippen molar-refractivity contribution in [2.24, 2.45) is 0 Å². The molecule has 0 spiro atoms. The van der Waals surface area contributed by atoms with Crippen molar-refractivity contribution in [3.05, 3.63) is 109 Å². The standard InChI is InChI=1S/C24H18.C2H6/c1-3-11-19(12-4-1)21-15-7-9-17-23(21)24-18-10-8-16-22(24)20-13-5-2-6-14-20;1-2/h1-18H;1-2H3. The third-order valence-electron chi connectivity index (χ3n) is 4.31. The van der Waals surface area contributed by atoms with E-state index in [0.717, 1.165) is 0 Å². The molecule has 0 heteroatoms. The van der Waals surface area contributed by atoms with Crippen molar-refractivity contribution < 1.29 is 0 Å². The Balaban J connectivity index is 0.000000948. The molecule has 0 amide bonds. The molecule has 0 aliphatic rings. The zero-order valence-electron chi connectivity index (χ0n) is 15.4. The van der Waals surface area contributed by atoms with Crippen LogP contribution in [0.3, 0.4) is 0 Å².